The van der Waals surface area contributed by atoms with Gasteiger partial charge in [0, 0.05) is 0 Å². The Morgan fingerprint density at radius 2 is 2.19 bits per heavy atom. The van der Waals surface area contributed by atoms with Crippen LogP contribution in [0.25, 0.3) is 0 Å². The minimum absolute atomic E-state index is 0.0119. The molecule has 0 spiro atoms. The van der Waals surface area contributed by atoms with Gasteiger partial charge in [-0.1, -0.05) is 5.22 Å². The fraction of sp³-hybridized carbons (Fsp3) is 0.364. The van der Waals surface area contributed by atoms with E-state index in [9.17, 15) is 0 Å². The minimum atomic E-state index is -0.0119. The van der Waals surface area contributed by atoms with Crippen molar-refractivity contribution in [3.63, 3.8) is 0 Å². The van der Waals surface area contributed by atoms with Crippen LogP contribution in [0, 0.1) is 11.3 Å². The Bertz CT molecular complexity index is 421. The summed E-state index contributed by atoms with van der Waals surface area (Å²) in [5.41, 5.74) is 1.36. The third-order valence-corrected chi connectivity index (χ3v) is 2.37. The molecule has 82 valence electrons. The molecule has 0 aromatic heterocycles. The highest BCUT2D eigenvalue weighted by Crippen LogP contribution is 2.16. The van der Waals surface area contributed by atoms with E-state index in [1.54, 1.807) is 29.3 Å². The molecule has 1 aliphatic rings. The van der Waals surface area contributed by atoms with E-state index in [0.717, 1.165) is 12.2 Å². The highest BCUT2D eigenvalue weighted by Gasteiger charge is 2.18. The van der Waals surface area contributed by atoms with E-state index in [4.69, 9.17) is 10.00 Å². The summed E-state index contributed by atoms with van der Waals surface area (Å²) in [6.07, 6.45) is -0.0119. The standard InChI is InChI=1S/C11H12N4O/c1-9-15(6-7-16-9)14-13-11-4-2-10(8-12)3-5-11/h2-5,9H,6-7H2,1H3/t9-/m1/s1. The fourth-order valence-corrected chi connectivity index (χ4v) is 1.41. The van der Waals surface area contributed by atoms with Crippen molar-refractivity contribution in [1.29, 1.82) is 5.26 Å². The normalized spacial score (nSPS) is 20.2. The molecule has 0 aliphatic carbocycles. The molecule has 0 N–H and O–H groups in total. The topological polar surface area (TPSA) is 61.0 Å². The number of nitrogens with zero attached hydrogens (tertiary/aromatic N) is 4. The predicted molar refractivity (Wildman–Crippen MR) is 57.8 cm³/mol. The largest absolute Gasteiger partial charge is 0.355 e. The first kappa shape index (κ1) is 10.6. The second-order valence-electron chi connectivity index (χ2n) is 3.48. The Morgan fingerprint density at radius 1 is 1.44 bits per heavy atom. The van der Waals surface area contributed by atoms with E-state index in [-0.39, 0.29) is 6.23 Å². The summed E-state index contributed by atoms with van der Waals surface area (Å²) in [6.45, 7) is 3.39. The molecule has 5 heteroatoms. The first-order chi connectivity index (χ1) is 7.79. The zero-order valence-electron chi connectivity index (χ0n) is 9.00. The Labute approximate surface area is 93.9 Å². The lowest BCUT2D eigenvalue weighted by Gasteiger charge is -2.12. The number of rotatable bonds is 2. The molecule has 1 aromatic carbocycles. The average molecular weight is 216 g/mol. The first-order valence-electron chi connectivity index (χ1n) is 5.09. The van der Waals surface area contributed by atoms with E-state index >= 15 is 0 Å². The summed E-state index contributed by atoms with van der Waals surface area (Å²) >= 11 is 0. The van der Waals surface area contributed by atoms with Gasteiger partial charge in [-0.3, -0.25) is 0 Å². The van der Waals surface area contributed by atoms with Gasteiger partial charge in [0.1, 0.15) is 6.23 Å². The van der Waals surface area contributed by atoms with Crippen molar-refractivity contribution >= 4 is 5.69 Å². The lowest BCUT2D eigenvalue weighted by molar-refractivity contribution is 0.0472. The van der Waals surface area contributed by atoms with Gasteiger partial charge in [-0.25, -0.2) is 5.01 Å². The van der Waals surface area contributed by atoms with E-state index in [1.165, 1.54) is 0 Å². The zero-order chi connectivity index (χ0) is 11.4. The van der Waals surface area contributed by atoms with Gasteiger partial charge in [-0.15, -0.1) is 5.11 Å². The fourth-order valence-electron chi connectivity index (χ4n) is 1.41. The number of benzene rings is 1. The molecular formula is C11H12N4O. The van der Waals surface area contributed by atoms with Crippen molar-refractivity contribution in [3.05, 3.63) is 29.8 Å². The summed E-state index contributed by atoms with van der Waals surface area (Å²) in [6, 6.07) is 9.03. The van der Waals surface area contributed by atoms with Crippen LogP contribution >= 0.6 is 0 Å². The Hall–Kier alpha value is -1.93. The Balaban J connectivity index is 2.03. The second kappa shape index (κ2) is 4.73. The number of hydrogen-bond acceptors (Lipinski definition) is 4. The molecule has 5 nitrogen and oxygen atoms in total. The molecule has 1 saturated heterocycles. The summed E-state index contributed by atoms with van der Waals surface area (Å²) in [5, 5.41) is 18.6. The quantitative estimate of drug-likeness (QED) is 0.712. The summed E-state index contributed by atoms with van der Waals surface area (Å²) in [5.74, 6) is 0. The van der Waals surface area contributed by atoms with Gasteiger partial charge in [0.15, 0.2) is 0 Å². The van der Waals surface area contributed by atoms with Crippen LogP contribution < -0.4 is 0 Å². The summed E-state index contributed by atoms with van der Waals surface area (Å²) in [4.78, 5) is 0. The van der Waals surface area contributed by atoms with Crippen LogP contribution in [-0.4, -0.2) is 24.4 Å². The van der Waals surface area contributed by atoms with E-state index in [2.05, 4.69) is 16.4 Å². The first-order valence-corrected chi connectivity index (χ1v) is 5.09. The molecule has 0 bridgehead atoms. The molecule has 1 atom stereocenters. The van der Waals surface area contributed by atoms with Crippen LogP contribution in [0.4, 0.5) is 5.69 Å². The highest BCUT2D eigenvalue weighted by molar-refractivity contribution is 5.41. The van der Waals surface area contributed by atoms with Gasteiger partial charge in [-0.2, -0.15) is 5.26 Å². The van der Waals surface area contributed by atoms with Crippen LogP contribution in [0.3, 0.4) is 0 Å². The third kappa shape index (κ3) is 2.35. The zero-order valence-corrected chi connectivity index (χ0v) is 9.00. The minimum Gasteiger partial charge on any atom is -0.355 e. The smallest absolute Gasteiger partial charge is 0.144 e. The molecule has 0 unspecified atom stereocenters. The van der Waals surface area contributed by atoms with Gasteiger partial charge >= 0.3 is 0 Å². The molecule has 0 amide bonds. The van der Waals surface area contributed by atoms with E-state index in [0.29, 0.717) is 12.2 Å². The average Bonchev–Trinajstić information content (AvgIpc) is 2.73. The van der Waals surface area contributed by atoms with Crippen LogP contribution in [0.5, 0.6) is 0 Å². The molecule has 16 heavy (non-hydrogen) atoms. The van der Waals surface area contributed by atoms with Gasteiger partial charge in [-0.05, 0) is 31.2 Å². The Morgan fingerprint density at radius 3 is 2.75 bits per heavy atom. The van der Waals surface area contributed by atoms with Crippen LogP contribution in [0.1, 0.15) is 12.5 Å². The SMILES string of the molecule is C[C@H]1OCCN1N=Nc1ccc(C#N)cc1. The van der Waals surface area contributed by atoms with E-state index < -0.39 is 0 Å². The molecule has 0 radical (unpaired) electrons. The van der Waals surface area contributed by atoms with Gasteiger partial charge in [0.2, 0.25) is 0 Å². The molecular weight excluding hydrogens is 204 g/mol. The van der Waals surface area contributed by atoms with Crippen LogP contribution in [-0.2, 0) is 4.74 Å². The summed E-state index contributed by atoms with van der Waals surface area (Å²) < 4.78 is 5.32. The maximum Gasteiger partial charge on any atom is 0.144 e. The molecule has 1 fully saturated rings. The second-order valence-corrected chi connectivity index (χ2v) is 3.48. The molecule has 1 aromatic rings. The number of hydrogen-bond donors (Lipinski definition) is 0. The van der Waals surface area contributed by atoms with Crippen molar-refractivity contribution in [2.24, 2.45) is 10.3 Å². The lowest BCUT2D eigenvalue weighted by atomic mass is 10.2. The molecule has 1 heterocycles. The van der Waals surface area contributed by atoms with E-state index in [1.807, 2.05) is 6.92 Å². The maximum atomic E-state index is 8.64. The molecule has 1 aliphatic heterocycles. The lowest BCUT2D eigenvalue weighted by Crippen LogP contribution is -2.20. The van der Waals surface area contributed by atoms with Crippen molar-refractivity contribution in [1.82, 2.24) is 5.01 Å². The van der Waals surface area contributed by atoms with Crippen molar-refractivity contribution in [2.75, 3.05) is 13.2 Å². The number of nitriles is 1. The van der Waals surface area contributed by atoms with Crippen LogP contribution in [0.15, 0.2) is 34.6 Å². The van der Waals surface area contributed by atoms with Crippen LogP contribution in [0.2, 0.25) is 0 Å². The predicted octanol–water partition coefficient (Wildman–Crippen LogP) is 2.24. The van der Waals surface area contributed by atoms with Crippen molar-refractivity contribution < 1.29 is 4.74 Å². The molecule has 2 rings (SSSR count). The Kier molecular flexibility index (Phi) is 3.13. The molecule has 0 saturated carbocycles. The highest BCUT2D eigenvalue weighted by atomic mass is 16.5. The van der Waals surface area contributed by atoms with Gasteiger partial charge < -0.3 is 4.74 Å². The monoisotopic (exact) mass is 216 g/mol. The van der Waals surface area contributed by atoms with Crippen molar-refractivity contribution in [3.8, 4) is 6.07 Å². The van der Waals surface area contributed by atoms with Gasteiger partial charge in [0.05, 0.1) is 30.5 Å². The maximum absolute atomic E-state index is 8.64. The van der Waals surface area contributed by atoms with Crippen molar-refractivity contribution in [2.45, 2.75) is 13.2 Å². The number of ether oxygens (including phenoxy) is 1. The summed E-state index contributed by atoms with van der Waals surface area (Å²) in [7, 11) is 0. The van der Waals surface area contributed by atoms with Gasteiger partial charge in [0.25, 0.3) is 0 Å². The third-order valence-electron chi connectivity index (χ3n) is 2.37.